The van der Waals surface area contributed by atoms with E-state index in [2.05, 4.69) is 5.32 Å². The molecule has 4 heteroatoms. The molecule has 0 atom stereocenters. The first kappa shape index (κ1) is 12.5. The molecular formula is C14H12ClNO2. The van der Waals surface area contributed by atoms with E-state index in [1.54, 1.807) is 24.3 Å². The van der Waals surface area contributed by atoms with E-state index in [1.165, 1.54) is 0 Å². The van der Waals surface area contributed by atoms with Crippen LogP contribution in [0.5, 0.6) is 5.75 Å². The minimum absolute atomic E-state index is 0.337. The van der Waals surface area contributed by atoms with Gasteiger partial charge in [0.05, 0.1) is 5.02 Å². The van der Waals surface area contributed by atoms with E-state index in [1.807, 2.05) is 31.2 Å². The maximum Gasteiger partial charge on any atom is 0.417 e. The predicted octanol–water partition coefficient (Wildman–Crippen LogP) is 4.26. The first-order chi connectivity index (χ1) is 8.65. The number of hydrogen-bond acceptors (Lipinski definition) is 2. The lowest BCUT2D eigenvalue weighted by molar-refractivity contribution is 0.215. The molecule has 1 N–H and O–H groups in total. The topological polar surface area (TPSA) is 38.3 Å². The third-order valence-electron chi connectivity index (χ3n) is 2.34. The Morgan fingerprint density at radius 2 is 1.78 bits per heavy atom. The molecule has 92 valence electrons. The van der Waals surface area contributed by atoms with Crippen LogP contribution in [0.1, 0.15) is 5.56 Å². The summed E-state index contributed by atoms with van der Waals surface area (Å²) in [5.74, 6) is 0.337. The summed E-state index contributed by atoms with van der Waals surface area (Å²) in [7, 11) is 0. The van der Waals surface area contributed by atoms with Gasteiger partial charge in [0.1, 0.15) is 0 Å². The summed E-state index contributed by atoms with van der Waals surface area (Å²) in [4.78, 5) is 11.6. The second-order valence-electron chi connectivity index (χ2n) is 3.81. The van der Waals surface area contributed by atoms with E-state index in [0.717, 1.165) is 5.56 Å². The van der Waals surface area contributed by atoms with Gasteiger partial charge in [0, 0.05) is 5.69 Å². The van der Waals surface area contributed by atoms with E-state index >= 15 is 0 Å². The molecule has 0 aliphatic carbocycles. The van der Waals surface area contributed by atoms with Gasteiger partial charge in [-0.2, -0.15) is 0 Å². The minimum Gasteiger partial charge on any atom is -0.409 e. The summed E-state index contributed by atoms with van der Waals surface area (Å²) in [5, 5.41) is 3.02. The van der Waals surface area contributed by atoms with Crippen molar-refractivity contribution >= 4 is 23.4 Å². The molecule has 0 unspecified atom stereocenters. The first-order valence-electron chi connectivity index (χ1n) is 5.45. The zero-order chi connectivity index (χ0) is 13.0. The number of benzene rings is 2. The Morgan fingerprint density at radius 3 is 2.44 bits per heavy atom. The highest BCUT2D eigenvalue weighted by Gasteiger charge is 2.07. The zero-order valence-corrected chi connectivity index (χ0v) is 10.6. The number of hydrogen-bond donors (Lipinski definition) is 1. The van der Waals surface area contributed by atoms with Gasteiger partial charge < -0.3 is 4.74 Å². The summed E-state index contributed by atoms with van der Waals surface area (Å²) in [6.07, 6.45) is -0.563. The van der Waals surface area contributed by atoms with Gasteiger partial charge in [0.15, 0.2) is 5.75 Å². The molecule has 0 spiro atoms. The Balaban J connectivity index is 2.01. The van der Waals surface area contributed by atoms with Crippen molar-refractivity contribution < 1.29 is 9.53 Å². The molecule has 2 rings (SSSR count). The fourth-order valence-corrected chi connectivity index (χ4v) is 1.58. The molecule has 1 amide bonds. The number of carbonyl (C=O) groups is 1. The van der Waals surface area contributed by atoms with E-state index in [4.69, 9.17) is 16.3 Å². The van der Waals surface area contributed by atoms with E-state index < -0.39 is 6.09 Å². The number of ether oxygens (including phenoxy) is 1. The minimum atomic E-state index is -0.563. The Bertz CT molecular complexity index is 552. The van der Waals surface area contributed by atoms with E-state index in [-0.39, 0.29) is 0 Å². The van der Waals surface area contributed by atoms with Crippen LogP contribution in [-0.2, 0) is 0 Å². The molecule has 0 saturated carbocycles. The monoisotopic (exact) mass is 261 g/mol. The molecule has 0 aliphatic rings. The van der Waals surface area contributed by atoms with Crippen LogP contribution in [-0.4, -0.2) is 6.09 Å². The maximum absolute atomic E-state index is 11.6. The van der Waals surface area contributed by atoms with Gasteiger partial charge in [0.2, 0.25) is 0 Å². The zero-order valence-electron chi connectivity index (χ0n) is 9.81. The van der Waals surface area contributed by atoms with Crippen molar-refractivity contribution in [2.75, 3.05) is 5.32 Å². The van der Waals surface area contributed by atoms with Crippen molar-refractivity contribution in [3.8, 4) is 5.75 Å². The van der Waals surface area contributed by atoms with Crippen LogP contribution in [0.3, 0.4) is 0 Å². The van der Waals surface area contributed by atoms with Crippen LogP contribution in [0.25, 0.3) is 0 Å². The number of nitrogens with one attached hydrogen (secondary N) is 1. The molecular weight excluding hydrogens is 250 g/mol. The number of carbonyl (C=O) groups excluding carboxylic acids is 1. The summed E-state index contributed by atoms with van der Waals surface area (Å²) in [6, 6.07) is 14.3. The molecule has 0 heterocycles. The second-order valence-corrected chi connectivity index (χ2v) is 4.22. The van der Waals surface area contributed by atoms with Gasteiger partial charge in [0.25, 0.3) is 0 Å². The number of para-hydroxylation sites is 1. The normalized spacial score (nSPS) is 9.89. The fourth-order valence-electron chi connectivity index (χ4n) is 1.41. The maximum atomic E-state index is 11.6. The molecule has 18 heavy (non-hydrogen) atoms. The Morgan fingerprint density at radius 1 is 1.11 bits per heavy atom. The molecule has 0 radical (unpaired) electrons. The highest BCUT2D eigenvalue weighted by atomic mass is 35.5. The number of rotatable bonds is 2. The summed E-state index contributed by atoms with van der Waals surface area (Å²) >= 11 is 5.89. The van der Waals surface area contributed by atoms with Crippen molar-refractivity contribution in [2.45, 2.75) is 6.92 Å². The third-order valence-corrected chi connectivity index (χ3v) is 2.65. The Hall–Kier alpha value is -2.00. The molecule has 2 aromatic carbocycles. The quantitative estimate of drug-likeness (QED) is 0.877. The molecule has 2 aromatic rings. The highest BCUT2D eigenvalue weighted by molar-refractivity contribution is 6.32. The Kier molecular flexibility index (Phi) is 3.85. The molecule has 0 bridgehead atoms. The Labute approximate surface area is 110 Å². The molecule has 0 fully saturated rings. The van der Waals surface area contributed by atoms with Crippen LogP contribution in [0.2, 0.25) is 5.02 Å². The lowest BCUT2D eigenvalue weighted by Gasteiger charge is -2.07. The molecule has 3 nitrogen and oxygen atoms in total. The summed E-state index contributed by atoms with van der Waals surface area (Å²) in [6.45, 7) is 1.98. The molecule has 0 aliphatic heterocycles. The van der Waals surface area contributed by atoms with Gasteiger partial charge in [-0.15, -0.1) is 0 Å². The van der Waals surface area contributed by atoms with E-state index in [9.17, 15) is 4.79 Å². The van der Waals surface area contributed by atoms with Crippen molar-refractivity contribution in [2.24, 2.45) is 0 Å². The van der Waals surface area contributed by atoms with Crippen LogP contribution >= 0.6 is 11.6 Å². The fraction of sp³-hybridized carbons (Fsp3) is 0.0714. The summed E-state index contributed by atoms with van der Waals surface area (Å²) in [5.41, 5.74) is 1.80. The van der Waals surface area contributed by atoms with Crippen LogP contribution in [0, 0.1) is 6.92 Å². The highest BCUT2D eigenvalue weighted by Crippen LogP contribution is 2.23. The summed E-state index contributed by atoms with van der Waals surface area (Å²) < 4.78 is 5.10. The van der Waals surface area contributed by atoms with Gasteiger partial charge in [-0.25, -0.2) is 4.79 Å². The van der Waals surface area contributed by atoms with Crippen molar-refractivity contribution in [3.05, 3.63) is 59.1 Å². The number of anilines is 1. The lowest BCUT2D eigenvalue weighted by atomic mass is 10.2. The smallest absolute Gasteiger partial charge is 0.409 e. The SMILES string of the molecule is Cc1ccc(NC(=O)Oc2ccccc2Cl)cc1. The molecule has 0 saturated heterocycles. The van der Waals surface area contributed by atoms with Crippen LogP contribution in [0.15, 0.2) is 48.5 Å². The van der Waals surface area contributed by atoms with Crippen molar-refractivity contribution in [1.29, 1.82) is 0 Å². The average Bonchev–Trinajstić information content (AvgIpc) is 2.35. The van der Waals surface area contributed by atoms with Crippen LogP contribution in [0.4, 0.5) is 10.5 Å². The third kappa shape index (κ3) is 3.25. The van der Waals surface area contributed by atoms with Gasteiger partial charge in [-0.3, -0.25) is 5.32 Å². The van der Waals surface area contributed by atoms with Crippen molar-refractivity contribution in [1.82, 2.24) is 0 Å². The average molecular weight is 262 g/mol. The lowest BCUT2D eigenvalue weighted by Crippen LogP contribution is -2.16. The number of halogens is 1. The largest absolute Gasteiger partial charge is 0.417 e. The molecule has 0 aromatic heterocycles. The predicted molar refractivity (Wildman–Crippen MR) is 72.3 cm³/mol. The van der Waals surface area contributed by atoms with Gasteiger partial charge in [-0.1, -0.05) is 41.4 Å². The number of aryl methyl sites for hydroxylation is 1. The van der Waals surface area contributed by atoms with Crippen LogP contribution < -0.4 is 10.1 Å². The number of amides is 1. The van der Waals surface area contributed by atoms with Gasteiger partial charge >= 0.3 is 6.09 Å². The standard InChI is InChI=1S/C14H12ClNO2/c1-10-6-8-11(9-7-10)16-14(17)18-13-5-3-2-4-12(13)15/h2-9H,1H3,(H,16,17). The van der Waals surface area contributed by atoms with E-state index in [0.29, 0.717) is 16.5 Å². The van der Waals surface area contributed by atoms with Gasteiger partial charge in [-0.05, 0) is 31.2 Å². The first-order valence-corrected chi connectivity index (χ1v) is 5.83. The second kappa shape index (κ2) is 5.56. The van der Waals surface area contributed by atoms with Crippen molar-refractivity contribution in [3.63, 3.8) is 0 Å².